The molecule has 3 heterocycles. The van der Waals surface area contributed by atoms with Crippen LogP contribution < -0.4 is 0 Å². The minimum atomic E-state index is -1.78. The first-order valence-electron chi connectivity index (χ1n) is 25.1. The van der Waals surface area contributed by atoms with Crippen molar-refractivity contribution in [2.45, 2.75) is 218 Å². The number of carbonyl (C=O) groups excluding carboxylic acids is 1. The molecule has 0 aromatic heterocycles. The Morgan fingerprint density at radius 3 is 2.06 bits per heavy atom. The molecule has 4 saturated carbocycles. The van der Waals surface area contributed by atoms with E-state index in [-0.39, 0.29) is 70.6 Å². The van der Waals surface area contributed by atoms with Crippen LogP contribution in [0.4, 0.5) is 0 Å². The van der Waals surface area contributed by atoms with Crippen molar-refractivity contribution in [2.75, 3.05) is 26.9 Å². The van der Waals surface area contributed by atoms with Gasteiger partial charge in [0.2, 0.25) is 0 Å². The minimum absolute atomic E-state index is 0.0466. The zero-order valence-electron chi connectivity index (χ0n) is 41.6. The van der Waals surface area contributed by atoms with Gasteiger partial charge in [-0.2, -0.15) is 0 Å². The van der Waals surface area contributed by atoms with Crippen molar-refractivity contribution in [3.05, 3.63) is 11.6 Å². The van der Waals surface area contributed by atoms with Crippen molar-refractivity contribution in [1.29, 1.82) is 0 Å². The van der Waals surface area contributed by atoms with Crippen molar-refractivity contribution in [3.63, 3.8) is 0 Å². The van der Waals surface area contributed by atoms with Crippen LogP contribution in [0.25, 0.3) is 0 Å². The maximum atomic E-state index is 12.8. The second-order valence-corrected chi connectivity index (χ2v) is 23.9. The maximum absolute atomic E-state index is 12.8. The van der Waals surface area contributed by atoms with E-state index in [1.165, 1.54) is 19.4 Å². The molecular weight excluding hydrogens is 889 g/mol. The summed E-state index contributed by atoms with van der Waals surface area (Å²) in [6, 6.07) is 0. The number of aliphatic hydroxyl groups is 9. The van der Waals surface area contributed by atoms with Crippen molar-refractivity contribution >= 4 is 5.97 Å². The lowest BCUT2D eigenvalue weighted by Gasteiger charge is -2.73. The zero-order valence-corrected chi connectivity index (χ0v) is 41.6. The monoisotopic (exact) mass is 971 g/mol. The number of aliphatic hydroxyl groups excluding tert-OH is 9. The molecule has 8 aliphatic rings. The van der Waals surface area contributed by atoms with Crippen molar-refractivity contribution in [3.8, 4) is 0 Å². The van der Waals surface area contributed by atoms with E-state index >= 15 is 0 Å². The average Bonchev–Trinajstić information content (AvgIpc) is 3.28. The second-order valence-electron chi connectivity index (χ2n) is 23.9. The van der Waals surface area contributed by atoms with Gasteiger partial charge in [0.15, 0.2) is 18.9 Å². The molecule has 390 valence electrons. The summed E-state index contributed by atoms with van der Waals surface area (Å²) in [6.07, 6.45) is -13.5. The van der Waals surface area contributed by atoms with E-state index < -0.39 is 110 Å². The number of rotatable bonds is 10. The fourth-order valence-electron chi connectivity index (χ4n) is 15.7. The van der Waals surface area contributed by atoms with E-state index in [2.05, 4.69) is 47.6 Å². The van der Waals surface area contributed by atoms with Gasteiger partial charge < -0.3 is 83.9 Å². The van der Waals surface area contributed by atoms with E-state index in [1.807, 2.05) is 6.92 Å². The lowest BCUT2D eigenvalue weighted by molar-refractivity contribution is -0.379. The molecule has 0 spiro atoms. The summed E-state index contributed by atoms with van der Waals surface area (Å²) in [5.41, 5.74) is -0.814. The van der Waals surface area contributed by atoms with Gasteiger partial charge in [0.1, 0.15) is 66.6 Å². The van der Waals surface area contributed by atoms with Gasteiger partial charge in [-0.1, -0.05) is 60.1 Å². The molecule has 68 heavy (non-hydrogen) atoms. The molecule has 8 rings (SSSR count). The lowest BCUT2D eigenvalue weighted by atomic mass is 9.33. The fraction of sp³-hybridized carbons (Fsp3) is 0.940. The van der Waals surface area contributed by atoms with Gasteiger partial charge in [-0.3, -0.25) is 4.79 Å². The van der Waals surface area contributed by atoms with Gasteiger partial charge in [0, 0.05) is 31.3 Å². The number of carbonyl (C=O) groups is 1. The molecule has 0 bridgehead atoms. The Morgan fingerprint density at radius 1 is 0.750 bits per heavy atom. The first kappa shape index (κ1) is 52.9. The summed E-state index contributed by atoms with van der Waals surface area (Å²) in [6.45, 7) is 17.8. The Hall–Kier alpha value is -1.43. The smallest absolute Gasteiger partial charge is 0.303 e. The molecule has 18 nitrogen and oxygen atoms in total. The Bertz CT molecular complexity index is 1850. The molecule has 5 aliphatic carbocycles. The number of methoxy groups -OCH3 is 1. The third-order valence-electron chi connectivity index (χ3n) is 19.5. The molecule has 3 saturated heterocycles. The number of hydrogen-bond acceptors (Lipinski definition) is 18. The Labute approximate surface area is 400 Å². The molecule has 0 amide bonds. The van der Waals surface area contributed by atoms with Crippen LogP contribution >= 0.6 is 0 Å². The molecule has 25 atom stereocenters. The summed E-state index contributed by atoms with van der Waals surface area (Å²) in [5, 5.41) is 98.3. The van der Waals surface area contributed by atoms with Crippen molar-refractivity contribution < 1.29 is 88.6 Å². The molecule has 0 radical (unpaired) electrons. The number of fused-ring (bicyclic) bond motifs is 7. The highest BCUT2D eigenvalue weighted by molar-refractivity contribution is 5.67. The van der Waals surface area contributed by atoms with Crippen LogP contribution in [0.1, 0.15) is 114 Å². The van der Waals surface area contributed by atoms with Crippen LogP contribution in [-0.4, -0.2) is 183 Å². The standard InChI is InChI=1S/C50H82O18/c1-23-18-49(9)26(27-19-45(4,5)15-16-50(23,27)68-25(3)53)17-29(61-10)41-46(6)13-12-32(47(7,22-52)31(46)11-14-48(41,49)8)65-43-37(59)35(57)39(30(20-51)64-43)66-44-38(60)40(33(55)24(2)63-44)67-42-36(58)34(56)28(54)21-62-42/h17,23-24,27-44,51-52,54-60H,11-16,18-22H2,1-10H3/t23-,24-,27-,28+,29+,30+,31+,32-,33-,34-,35+,36+,37+,38+,39+,40+,41+,42-,43-,44-,46-,47-,48+,49+,50-/m0/s1. The largest absolute Gasteiger partial charge is 0.458 e. The van der Waals surface area contributed by atoms with Gasteiger partial charge in [-0.25, -0.2) is 0 Å². The molecule has 9 N–H and O–H groups in total. The second kappa shape index (κ2) is 18.8. The Balaban J connectivity index is 1.01. The molecule has 18 heteroatoms. The normalized spacial score (nSPS) is 54.6. The zero-order chi connectivity index (χ0) is 49.8. The molecule has 0 aromatic rings. The molecular formula is C50H82O18. The van der Waals surface area contributed by atoms with E-state index in [1.54, 1.807) is 7.11 Å². The van der Waals surface area contributed by atoms with E-state index in [4.69, 9.17) is 37.9 Å². The van der Waals surface area contributed by atoms with E-state index in [0.717, 1.165) is 38.5 Å². The molecule has 0 aromatic carbocycles. The summed E-state index contributed by atoms with van der Waals surface area (Å²) >= 11 is 0. The van der Waals surface area contributed by atoms with Crippen LogP contribution in [0, 0.1) is 50.7 Å². The highest BCUT2D eigenvalue weighted by Crippen LogP contribution is 2.76. The third-order valence-corrected chi connectivity index (χ3v) is 19.5. The average molecular weight is 971 g/mol. The number of hydrogen-bond donors (Lipinski definition) is 9. The van der Waals surface area contributed by atoms with Crippen LogP contribution in [-0.2, 0) is 42.7 Å². The predicted molar refractivity (Wildman–Crippen MR) is 240 cm³/mol. The molecule has 3 aliphatic heterocycles. The Morgan fingerprint density at radius 2 is 1.41 bits per heavy atom. The fourth-order valence-corrected chi connectivity index (χ4v) is 15.7. The summed E-state index contributed by atoms with van der Waals surface area (Å²) < 4.78 is 48.7. The SMILES string of the molecule is CO[C@@H]1C=C2[C@@H]3CC(C)(C)CC[C@]3(OC(C)=O)[C@@H](C)C[C@@]2(C)[C@]2(C)CC[C@H]3[C@](C)(CO)[C@@H](O[C@@H]4O[C@H](CO)[C@@H](O[C@@H]5O[C@@H](C)[C@H](O)[C@@H](O[C@@H]6OC[C@@H](O)[C@H](O)[C@H]6O)[C@H]5O)[C@H](O)[C@H]4O)CC[C@]3(C)[C@@H]12. The van der Waals surface area contributed by atoms with Gasteiger partial charge in [0.25, 0.3) is 0 Å². The van der Waals surface area contributed by atoms with Crippen LogP contribution in [0.3, 0.4) is 0 Å². The van der Waals surface area contributed by atoms with Gasteiger partial charge in [-0.05, 0) is 91.8 Å². The van der Waals surface area contributed by atoms with Crippen LogP contribution in [0.5, 0.6) is 0 Å². The van der Waals surface area contributed by atoms with E-state index in [0.29, 0.717) is 12.8 Å². The highest BCUT2D eigenvalue weighted by Gasteiger charge is 2.73. The lowest BCUT2D eigenvalue weighted by Crippen LogP contribution is -2.70. The first-order chi connectivity index (χ1) is 31.8. The minimum Gasteiger partial charge on any atom is -0.458 e. The van der Waals surface area contributed by atoms with Crippen molar-refractivity contribution in [1.82, 2.24) is 0 Å². The molecule has 7 fully saturated rings. The summed E-state index contributed by atoms with van der Waals surface area (Å²) in [7, 11) is 1.78. The number of esters is 1. The number of ether oxygens (including phenoxy) is 8. The van der Waals surface area contributed by atoms with Gasteiger partial charge >= 0.3 is 5.97 Å². The van der Waals surface area contributed by atoms with Gasteiger partial charge in [-0.15, -0.1) is 0 Å². The van der Waals surface area contributed by atoms with Crippen molar-refractivity contribution in [2.24, 2.45) is 50.7 Å². The first-order valence-corrected chi connectivity index (χ1v) is 25.1. The summed E-state index contributed by atoms with van der Waals surface area (Å²) in [4.78, 5) is 12.8. The summed E-state index contributed by atoms with van der Waals surface area (Å²) in [5.74, 6) is -0.0858. The predicted octanol–water partition coefficient (Wildman–Crippen LogP) is 1.45. The van der Waals surface area contributed by atoms with Gasteiger partial charge in [0.05, 0.1) is 38.1 Å². The maximum Gasteiger partial charge on any atom is 0.303 e. The van der Waals surface area contributed by atoms with E-state index in [9.17, 15) is 50.8 Å². The quantitative estimate of drug-likeness (QED) is 0.0852. The van der Waals surface area contributed by atoms with Crippen LogP contribution in [0.2, 0.25) is 0 Å². The topological polar surface area (TPSA) is 273 Å². The molecule has 0 unspecified atom stereocenters. The highest BCUT2D eigenvalue weighted by atomic mass is 16.8. The third kappa shape index (κ3) is 8.28. The van der Waals surface area contributed by atoms with Crippen LogP contribution in [0.15, 0.2) is 11.6 Å². The Kier molecular flexibility index (Phi) is 14.6.